The Kier molecular flexibility index (Phi) is 3.85. The first-order valence-corrected chi connectivity index (χ1v) is 9.29. The van der Waals surface area contributed by atoms with Crippen LogP contribution in [0, 0.1) is 0 Å². The molecule has 0 saturated heterocycles. The van der Waals surface area contributed by atoms with Crippen LogP contribution in [-0.4, -0.2) is 42.9 Å². The summed E-state index contributed by atoms with van der Waals surface area (Å²) >= 11 is 0. The summed E-state index contributed by atoms with van der Waals surface area (Å²) in [7, 11) is -7.58. The van der Waals surface area contributed by atoms with Gasteiger partial charge in [0.05, 0.1) is 16.8 Å². The van der Waals surface area contributed by atoms with Gasteiger partial charge >= 0.3 is 0 Å². The van der Waals surface area contributed by atoms with Crippen LogP contribution >= 0.6 is 0 Å². The maximum Gasteiger partial charge on any atom is 0.264 e. The highest BCUT2D eigenvalue weighted by molar-refractivity contribution is 7.90. The number of sulfone groups is 1. The fourth-order valence-electron chi connectivity index (χ4n) is 1.96. The van der Waals surface area contributed by atoms with Crippen molar-refractivity contribution in [3.8, 4) is 0 Å². The van der Waals surface area contributed by atoms with Crippen LogP contribution in [0.2, 0.25) is 0 Å². The lowest BCUT2D eigenvalue weighted by molar-refractivity contribution is 0.477. The van der Waals surface area contributed by atoms with Crippen LogP contribution in [0.15, 0.2) is 29.4 Å². The first-order valence-electron chi connectivity index (χ1n) is 5.79. The van der Waals surface area contributed by atoms with Crippen LogP contribution in [0.3, 0.4) is 0 Å². The predicted molar refractivity (Wildman–Crippen MR) is 73.9 cm³/mol. The average Bonchev–Trinajstić information content (AvgIpc) is 2.67. The number of para-hydroxylation sites is 2. The molecule has 0 aliphatic heterocycles. The zero-order valence-electron chi connectivity index (χ0n) is 10.7. The number of hydrogen-bond acceptors (Lipinski definition) is 5. The van der Waals surface area contributed by atoms with E-state index in [9.17, 15) is 16.8 Å². The molecule has 1 N–H and O–H groups in total. The number of benzene rings is 1. The molecule has 0 aliphatic rings. The molecule has 1 aromatic carbocycles. The molecule has 110 valence electrons. The van der Waals surface area contributed by atoms with E-state index in [-0.39, 0.29) is 18.1 Å². The Morgan fingerprint density at radius 2 is 1.85 bits per heavy atom. The zero-order chi connectivity index (χ0) is 15.0. The summed E-state index contributed by atoms with van der Waals surface area (Å²) < 4.78 is 55.1. The molecular weight excluding hydrogens is 304 g/mol. The molecule has 1 heterocycles. The Labute approximate surface area is 116 Å². The van der Waals surface area contributed by atoms with E-state index >= 15 is 0 Å². The van der Waals surface area contributed by atoms with Crippen molar-refractivity contribution in [3.63, 3.8) is 0 Å². The van der Waals surface area contributed by atoms with Crippen molar-refractivity contribution in [3.05, 3.63) is 24.3 Å². The van der Waals surface area contributed by atoms with Crippen LogP contribution in [0.4, 0.5) is 0 Å². The second kappa shape index (κ2) is 5.15. The monoisotopic (exact) mass is 318 g/mol. The minimum Gasteiger partial charge on any atom is -0.315 e. The van der Waals surface area contributed by atoms with Crippen LogP contribution < -0.4 is 0 Å². The maximum absolute atomic E-state index is 11.7. The highest BCUT2D eigenvalue weighted by atomic mass is 32.2. The Morgan fingerprint density at radius 1 is 1.20 bits per heavy atom. The number of imidazole rings is 1. The molecule has 0 spiro atoms. The number of hydrogen-bond donors (Lipinski definition) is 1. The Hall–Kier alpha value is -1.45. The molecule has 7 nitrogen and oxygen atoms in total. The molecule has 0 atom stereocenters. The predicted octanol–water partition coefficient (Wildman–Crippen LogP) is 0.718. The molecule has 1 aromatic heterocycles. The lowest BCUT2D eigenvalue weighted by atomic mass is 10.3. The third kappa shape index (κ3) is 3.35. The number of rotatable bonds is 5. The van der Waals surface area contributed by atoms with Crippen molar-refractivity contribution in [2.45, 2.75) is 18.1 Å². The third-order valence-electron chi connectivity index (χ3n) is 2.74. The molecule has 0 amide bonds. The van der Waals surface area contributed by atoms with Crippen molar-refractivity contribution in [2.24, 2.45) is 0 Å². The summed E-state index contributed by atoms with van der Waals surface area (Å²) in [4.78, 5) is 4.06. The Morgan fingerprint density at radius 3 is 2.45 bits per heavy atom. The summed E-state index contributed by atoms with van der Waals surface area (Å²) in [5, 5.41) is -0.103. The first kappa shape index (κ1) is 14.9. The van der Waals surface area contributed by atoms with Crippen LogP contribution in [-0.2, 0) is 26.5 Å². The van der Waals surface area contributed by atoms with Crippen molar-refractivity contribution in [1.29, 1.82) is 0 Å². The van der Waals surface area contributed by atoms with Gasteiger partial charge in [0.25, 0.3) is 10.1 Å². The van der Waals surface area contributed by atoms with Gasteiger partial charge in [-0.1, -0.05) is 12.1 Å². The molecule has 2 rings (SSSR count). The molecule has 0 radical (unpaired) electrons. The molecule has 0 bridgehead atoms. The smallest absolute Gasteiger partial charge is 0.264 e. The first-order chi connectivity index (χ1) is 9.18. The topological polar surface area (TPSA) is 106 Å². The highest BCUT2D eigenvalue weighted by Gasteiger charge is 2.19. The van der Waals surface area contributed by atoms with Gasteiger partial charge in [-0.3, -0.25) is 4.55 Å². The van der Waals surface area contributed by atoms with Crippen LogP contribution in [0.25, 0.3) is 11.0 Å². The number of fused-ring (bicyclic) bond motifs is 1. The molecule has 0 saturated carbocycles. The van der Waals surface area contributed by atoms with E-state index in [1.807, 2.05) is 0 Å². The molecule has 0 unspecified atom stereocenters. The van der Waals surface area contributed by atoms with Gasteiger partial charge < -0.3 is 4.57 Å². The summed E-state index contributed by atoms with van der Waals surface area (Å²) in [6.45, 7) is 0.142. The zero-order valence-corrected chi connectivity index (χ0v) is 12.4. The summed E-state index contributed by atoms with van der Waals surface area (Å²) in [5.41, 5.74) is 1.14. The van der Waals surface area contributed by atoms with Gasteiger partial charge in [-0.15, -0.1) is 0 Å². The normalized spacial score (nSPS) is 12.9. The summed E-state index contributed by atoms with van der Waals surface area (Å²) in [5.74, 6) is -0.428. The van der Waals surface area contributed by atoms with Crippen molar-refractivity contribution in [2.75, 3.05) is 12.0 Å². The quantitative estimate of drug-likeness (QED) is 0.814. The average molecular weight is 318 g/mol. The van der Waals surface area contributed by atoms with Gasteiger partial charge in [-0.25, -0.2) is 13.4 Å². The van der Waals surface area contributed by atoms with Gasteiger partial charge in [-0.2, -0.15) is 8.42 Å². The Bertz CT molecular complexity index is 837. The van der Waals surface area contributed by atoms with Crippen LogP contribution in [0.1, 0.15) is 6.42 Å². The van der Waals surface area contributed by atoms with Gasteiger partial charge in [-0.05, 0) is 18.6 Å². The molecule has 20 heavy (non-hydrogen) atoms. The summed E-state index contributed by atoms with van der Waals surface area (Å²) in [6.07, 6.45) is 1.15. The highest BCUT2D eigenvalue weighted by Crippen LogP contribution is 2.19. The van der Waals surface area contributed by atoms with Gasteiger partial charge in [0.2, 0.25) is 15.0 Å². The molecule has 2 aromatic rings. The SMILES string of the molecule is CS(=O)(=O)c1nc2ccccc2n1CCCS(=O)(=O)O. The van der Waals surface area contributed by atoms with E-state index in [1.165, 1.54) is 4.57 Å². The third-order valence-corrected chi connectivity index (χ3v) is 4.51. The van der Waals surface area contributed by atoms with Gasteiger partial charge in [0.1, 0.15) is 0 Å². The molecular formula is C11H14N2O5S2. The lowest BCUT2D eigenvalue weighted by Gasteiger charge is -2.07. The van der Waals surface area contributed by atoms with Crippen LogP contribution in [0.5, 0.6) is 0 Å². The van der Waals surface area contributed by atoms with Crippen molar-refractivity contribution < 1.29 is 21.4 Å². The summed E-state index contributed by atoms with van der Waals surface area (Å²) in [6, 6.07) is 6.88. The lowest BCUT2D eigenvalue weighted by Crippen LogP contribution is -2.12. The van der Waals surface area contributed by atoms with E-state index in [2.05, 4.69) is 4.98 Å². The molecule has 0 aliphatic carbocycles. The standard InChI is InChI=1S/C11H14N2O5S2/c1-19(14,15)11-12-9-5-2-3-6-10(9)13(11)7-4-8-20(16,17)18/h2-3,5-6H,4,7-8H2,1H3,(H,16,17,18). The second-order valence-corrected chi connectivity index (χ2v) is 7.93. The van der Waals surface area contributed by atoms with Crippen molar-refractivity contribution in [1.82, 2.24) is 9.55 Å². The van der Waals surface area contributed by atoms with E-state index in [0.29, 0.717) is 11.0 Å². The molecule has 9 heteroatoms. The largest absolute Gasteiger partial charge is 0.315 e. The van der Waals surface area contributed by atoms with E-state index in [1.54, 1.807) is 24.3 Å². The molecule has 0 fully saturated rings. The number of aryl methyl sites for hydroxylation is 1. The number of aromatic nitrogens is 2. The minimum atomic E-state index is -4.06. The number of nitrogens with zero attached hydrogens (tertiary/aromatic N) is 2. The minimum absolute atomic E-state index is 0.0989. The van der Waals surface area contributed by atoms with E-state index in [4.69, 9.17) is 4.55 Å². The van der Waals surface area contributed by atoms with E-state index < -0.39 is 25.7 Å². The second-order valence-electron chi connectivity index (χ2n) is 4.45. The fourth-order valence-corrected chi connectivity index (χ4v) is 3.31. The van der Waals surface area contributed by atoms with Gasteiger partial charge in [0.15, 0.2) is 0 Å². The van der Waals surface area contributed by atoms with Gasteiger partial charge in [0, 0.05) is 12.8 Å². The fraction of sp³-hybridized carbons (Fsp3) is 0.364. The maximum atomic E-state index is 11.7. The van der Waals surface area contributed by atoms with E-state index in [0.717, 1.165) is 6.26 Å². The Balaban J connectivity index is 2.44. The van der Waals surface area contributed by atoms with Crippen molar-refractivity contribution >= 4 is 31.0 Å².